The molecule has 0 bridgehead atoms. The molecule has 0 atom stereocenters. The van der Waals surface area contributed by atoms with Crippen LogP contribution in [0.2, 0.25) is 0 Å². The van der Waals surface area contributed by atoms with Gasteiger partial charge in [-0.25, -0.2) is 0 Å². The lowest BCUT2D eigenvalue weighted by atomic mass is 9.94. The van der Waals surface area contributed by atoms with Crippen LogP contribution >= 0.6 is 12.2 Å². The standard InChI is InChI=1S/C14H20N2OS/c1-9(2)8-16-12-6-4-3-5-10(12)7-11(13(15)18)14(16)17/h7,9H,3-6,8H2,1-2H3,(H2,15,18). The van der Waals surface area contributed by atoms with Crippen LogP contribution in [0.5, 0.6) is 0 Å². The van der Waals surface area contributed by atoms with E-state index in [1.54, 1.807) is 0 Å². The van der Waals surface area contributed by atoms with Crippen molar-refractivity contribution >= 4 is 17.2 Å². The number of pyridine rings is 1. The highest BCUT2D eigenvalue weighted by Gasteiger charge is 2.19. The zero-order chi connectivity index (χ0) is 13.3. The van der Waals surface area contributed by atoms with E-state index in [2.05, 4.69) is 13.8 Å². The lowest BCUT2D eigenvalue weighted by molar-refractivity contribution is 0.480. The molecule has 1 aromatic rings. The smallest absolute Gasteiger partial charge is 0.261 e. The summed E-state index contributed by atoms with van der Waals surface area (Å²) in [5.74, 6) is 0.440. The molecular formula is C14H20N2OS. The van der Waals surface area contributed by atoms with Gasteiger partial charge in [0.05, 0.1) is 5.56 Å². The number of nitrogens with two attached hydrogens (primary N) is 1. The van der Waals surface area contributed by atoms with Gasteiger partial charge < -0.3 is 10.3 Å². The van der Waals surface area contributed by atoms with Crippen molar-refractivity contribution in [1.29, 1.82) is 0 Å². The molecule has 1 aliphatic rings. The van der Waals surface area contributed by atoms with E-state index in [4.69, 9.17) is 18.0 Å². The Morgan fingerprint density at radius 3 is 2.72 bits per heavy atom. The van der Waals surface area contributed by atoms with E-state index >= 15 is 0 Å². The molecular weight excluding hydrogens is 244 g/mol. The number of aromatic nitrogens is 1. The average molecular weight is 264 g/mol. The van der Waals surface area contributed by atoms with E-state index in [1.807, 2.05) is 10.6 Å². The van der Waals surface area contributed by atoms with Crippen LogP contribution in [-0.4, -0.2) is 9.56 Å². The predicted molar refractivity (Wildman–Crippen MR) is 78.1 cm³/mol. The van der Waals surface area contributed by atoms with Gasteiger partial charge in [-0.2, -0.15) is 0 Å². The van der Waals surface area contributed by atoms with Crippen molar-refractivity contribution in [2.45, 2.75) is 46.1 Å². The molecule has 1 aromatic heterocycles. The first-order valence-electron chi connectivity index (χ1n) is 6.56. The summed E-state index contributed by atoms with van der Waals surface area (Å²) in [6, 6.07) is 1.91. The molecule has 4 heteroatoms. The number of hydrogen-bond acceptors (Lipinski definition) is 2. The van der Waals surface area contributed by atoms with Gasteiger partial charge in [0.2, 0.25) is 0 Å². The lowest BCUT2D eigenvalue weighted by Gasteiger charge is -2.23. The van der Waals surface area contributed by atoms with Gasteiger partial charge in [0.25, 0.3) is 5.56 Å². The maximum Gasteiger partial charge on any atom is 0.261 e. The van der Waals surface area contributed by atoms with Crippen LogP contribution in [0.1, 0.15) is 43.5 Å². The third-order valence-corrected chi connectivity index (χ3v) is 3.63. The fourth-order valence-electron chi connectivity index (χ4n) is 2.62. The predicted octanol–water partition coefficient (Wildman–Crippen LogP) is 2.02. The second-order valence-corrected chi connectivity index (χ2v) is 5.85. The van der Waals surface area contributed by atoms with Gasteiger partial charge in [-0.1, -0.05) is 26.1 Å². The second kappa shape index (κ2) is 5.22. The fraction of sp³-hybridized carbons (Fsp3) is 0.571. The third-order valence-electron chi connectivity index (χ3n) is 3.41. The lowest BCUT2D eigenvalue weighted by Crippen LogP contribution is -2.34. The SMILES string of the molecule is CC(C)Cn1c2c(cc(C(N)=S)c1=O)CCCC2. The van der Waals surface area contributed by atoms with Crippen molar-refractivity contribution in [2.75, 3.05) is 0 Å². The number of rotatable bonds is 3. The van der Waals surface area contributed by atoms with Crippen molar-refractivity contribution in [2.24, 2.45) is 11.7 Å². The third kappa shape index (κ3) is 2.48. The first-order chi connectivity index (χ1) is 8.50. The Morgan fingerprint density at radius 1 is 1.44 bits per heavy atom. The Hall–Kier alpha value is -1.16. The summed E-state index contributed by atoms with van der Waals surface area (Å²) < 4.78 is 1.90. The molecule has 18 heavy (non-hydrogen) atoms. The minimum atomic E-state index is -0.0168. The van der Waals surface area contributed by atoms with E-state index < -0.39 is 0 Å². The second-order valence-electron chi connectivity index (χ2n) is 5.41. The van der Waals surface area contributed by atoms with Crippen molar-refractivity contribution in [1.82, 2.24) is 4.57 Å². The molecule has 1 aliphatic carbocycles. The van der Waals surface area contributed by atoms with E-state index in [0.717, 1.165) is 25.8 Å². The summed E-state index contributed by atoms with van der Waals surface area (Å²) in [4.78, 5) is 12.6. The Kier molecular flexibility index (Phi) is 3.85. The molecule has 2 rings (SSSR count). The molecule has 0 saturated heterocycles. The molecule has 1 heterocycles. The van der Waals surface area contributed by atoms with E-state index in [9.17, 15) is 4.79 Å². The monoisotopic (exact) mass is 264 g/mol. The number of aryl methyl sites for hydroxylation is 1. The molecule has 2 N–H and O–H groups in total. The van der Waals surface area contributed by atoms with Crippen molar-refractivity contribution in [3.63, 3.8) is 0 Å². The van der Waals surface area contributed by atoms with Crippen molar-refractivity contribution in [3.05, 3.63) is 33.2 Å². The highest BCUT2D eigenvalue weighted by atomic mass is 32.1. The normalized spacial score (nSPS) is 14.6. The number of thiocarbonyl (C=S) groups is 1. The van der Waals surface area contributed by atoms with Crippen LogP contribution in [0.25, 0.3) is 0 Å². The topological polar surface area (TPSA) is 48.0 Å². The van der Waals surface area contributed by atoms with Crippen LogP contribution < -0.4 is 11.3 Å². The summed E-state index contributed by atoms with van der Waals surface area (Å²) in [5, 5.41) is 0. The van der Waals surface area contributed by atoms with Crippen LogP contribution in [0, 0.1) is 5.92 Å². The average Bonchev–Trinajstić information content (AvgIpc) is 2.31. The van der Waals surface area contributed by atoms with Crippen molar-refractivity contribution in [3.8, 4) is 0 Å². The molecule has 0 aromatic carbocycles. The van der Waals surface area contributed by atoms with Gasteiger partial charge in [-0.3, -0.25) is 4.79 Å². The maximum absolute atomic E-state index is 12.4. The van der Waals surface area contributed by atoms with Crippen LogP contribution in [0.3, 0.4) is 0 Å². The summed E-state index contributed by atoms with van der Waals surface area (Å²) in [6.45, 7) is 4.99. The highest BCUT2D eigenvalue weighted by Crippen LogP contribution is 2.21. The Labute approximate surface area is 113 Å². The highest BCUT2D eigenvalue weighted by molar-refractivity contribution is 7.80. The molecule has 0 fully saturated rings. The largest absolute Gasteiger partial charge is 0.389 e. The molecule has 3 nitrogen and oxygen atoms in total. The van der Waals surface area contributed by atoms with Crippen LogP contribution in [-0.2, 0) is 19.4 Å². The molecule has 0 saturated carbocycles. The number of nitrogens with zero attached hydrogens (tertiary/aromatic N) is 1. The zero-order valence-corrected chi connectivity index (χ0v) is 11.8. The Bertz CT molecular complexity index is 531. The van der Waals surface area contributed by atoms with E-state index in [-0.39, 0.29) is 10.5 Å². The Balaban J connectivity index is 2.63. The molecule has 0 aliphatic heterocycles. The van der Waals surface area contributed by atoms with E-state index in [0.29, 0.717) is 11.5 Å². The van der Waals surface area contributed by atoms with Crippen molar-refractivity contribution < 1.29 is 0 Å². The zero-order valence-electron chi connectivity index (χ0n) is 11.0. The van der Waals surface area contributed by atoms with Gasteiger partial charge in [-0.15, -0.1) is 0 Å². The summed E-state index contributed by atoms with van der Waals surface area (Å²) >= 11 is 4.99. The molecule has 0 amide bonds. The summed E-state index contributed by atoms with van der Waals surface area (Å²) in [7, 11) is 0. The first kappa shape index (κ1) is 13.3. The summed E-state index contributed by atoms with van der Waals surface area (Å²) in [5.41, 5.74) is 8.60. The number of hydrogen-bond donors (Lipinski definition) is 1. The Morgan fingerprint density at radius 2 is 2.11 bits per heavy atom. The minimum Gasteiger partial charge on any atom is -0.389 e. The molecule has 0 spiro atoms. The van der Waals surface area contributed by atoms with Gasteiger partial charge in [-0.05, 0) is 43.2 Å². The van der Waals surface area contributed by atoms with Gasteiger partial charge in [0, 0.05) is 12.2 Å². The van der Waals surface area contributed by atoms with Gasteiger partial charge in [0.15, 0.2) is 0 Å². The fourth-order valence-corrected chi connectivity index (χ4v) is 2.76. The number of fused-ring (bicyclic) bond motifs is 1. The van der Waals surface area contributed by atoms with Crippen LogP contribution in [0.15, 0.2) is 10.9 Å². The molecule has 0 unspecified atom stereocenters. The summed E-state index contributed by atoms with van der Waals surface area (Å²) in [6.07, 6.45) is 4.37. The maximum atomic E-state index is 12.4. The first-order valence-corrected chi connectivity index (χ1v) is 6.97. The molecule has 98 valence electrons. The van der Waals surface area contributed by atoms with Gasteiger partial charge >= 0.3 is 0 Å². The minimum absolute atomic E-state index is 0.0168. The van der Waals surface area contributed by atoms with Crippen LogP contribution in [0.4, 0.5) is 0 Å². The quantitative estimate of drug-likeness (QED) is 0.850. The molecule has 0 radical (unpaired) electrons. The van der Waals surface area contributed by atoms with Gasteiger partial charge in [0.1, 0.15) is 4.99 Å². The van der Waals surface area contributed by atoms with E-state index in [1.165, 1.54) is 17.7 Å².